The van der Waals surface area contributed by atoms with Crippen LogP contribution in [-0.4, -0.2) is 38.0 Å². The zero-order chi connectivity index (χ0) is 26.4. The minimum atomic E-state index is -0.603. The van der Waals surface area contributed by atoms with Crippen LogP contribution in [0.1, 0.15) is 60.8 Å². The van der Waals surface area contributed by atoms with E-state index in [1.165, 1.54) is 16.7 Å². The molecule has 2 N–H and O–H groups in total. The Morgan fingerprint density at radius 2 is 1.53 bits per heavy atom. The number of aliphatic hydroxyl groups is 1. The fourth-order valence-corrected chi connectivity index (χ4v) is 5.09. The minimum Gasteiger partial charge on any atom is -0.490 e. The molecule has 0 heterocycles. The molecule has 0 aromatic heterocycles. The van der Waals surface area contributed by atoms with Gasteiger partial charge in [-0.3, -0.25) is 0 Å². The summed E-state index contributed by atoms with van der Waals surface area (Å²) in [5, 5.41) is 14.1. The van der Waals surface area contributed by atoms with Gasteiger partial charge in [0.05, 0.1) is 6.10 Å². The summed E-state index contributed by atoms with van der Waals surface area (Å²) in [7, 11) is 1.75. The van der Waals surface area contributed by atoms with Crippen LogP contribution in [0.4, 0.5) is 0 Å². The van der Waals surface area contributed by atoms with Crippen molar-refractivity contribution in [1.29, 1.82) is 0 Å². The summed E-state index contributed by atoms with van der Waals surface area (Å²) >= 11 is 0. The molecule has 0 fully saturated rings. The van der Waals surface area contributed by atoms with Crippen LogP contribution in [0.25, 0.3) is 0 Å². The third-order valence-electron chi connectivity index (χ3n) is 7.14. The number of para-hydroxylation sites is 1. The molecule has 3 aromatic rings. The molecule has 4 rings (SSSR count). The first kappa shape index (κ1) is 27.8. The number of benzene rings is 3. The second kappa shape index (κ2) is 15.3. The fourth-order valence-electron chi connectivity index (χ4n) is 5.09. The molecule has 1 aliphatic rings. The van der Waals surface area contributed by atoms with Crippen LogP contribution in [0.5, 0.6) is 5.75 Å². The number of ether oxygens (including phenoxy) is 2. The molecule has 2 unspecified atom stereocenters. The maximum Gasteiger partial charge on any atom is 0.125 e. The number of aliphatic hydroxyl groups excluding tert-OH is 1. The van der Waals surface area contributed by atoms with E-state index >= 15 is 0 Å². The molecular formula is C34H41NO3. The summed E-state index contributed by atoms with van der Waals surface area (Å²) in [6.45, 7) is 1.51. The van der Waals surface area contributed by atoms with E-state index in [1.807, 2.05) is 18.2 Å². The summed E-state index contributed by atoms with van der Waals surface area (Å²) in [6.07, 6.45) is 11.2. The number of hydrogen-bond acceptors (Lipinski definition) is 4. The first-order chi connectivity index (χ1) is 18.7. The lowest BCUT2D eigenvalue weighted by Gasteiger charge is -2.21. The van der Waals surface area contributed by atoms with Crippen molar-refractivity contribution in [2.24, 2.45) is 0 Å². The van der Waals surface area contributed by atoms with Crippen LogP contribution in [0, 0.1) is 0 Å². The van der Waals surface area contributed by atoms with Gasteiger partial charge in [-0.25, -0.2) is 0 Å². The van der Waals surface area contributed by atoms with Gasteiger partial charge in [0.25, 0.3) is 0 Å². The van der Waals surface area contributed by atoms with Crippen LogP contribution in [0.15, 0.2) is 109 Å². The quantitative estimate of drug-likeness (QED) is 0.216. The summed E-state index contributed by atoms with van der Waals surface area (Å²) in [4.78, 5) is 0. The number of hydrogen-bond donors (Lipinski definition) is 2. The lowest BCUT2D eigenvalue weighted by Crippen LogP contribution is -2.32. The SMILES string of the molecule is COC(CCC1=CCCC=C1)c1ccccc1OCC(O)CNCCC(c1ccccc1)c1ccccc1. The molecule has 4 heteroatoms. The average molecular weight is 512 g/mol. The van der Waals surface area contributed by atoms with E-state index in [9.17, 15) is 5.11 Å². The molecule has 3 aromatic carbocycles. The topological polar surface area (TPSA) is 50.7 Å². The van der Waals surface area contributed by atoms with Gasteiger partial charge >= 0.3 is 0 Å². The van der Waals surface area contributed by atoms with Crippen molar-refractivity contribution in [3.05, 3.63) is 125 Å². The predicted octanol–water partition coefficient (Wildman–Crippen LogP) is 6.98. The van der Waals surface area contributed by atoms with Crippen molar-refractivity contribution < 1.29 is 14.6 Å². The van der Waals surface area contributed by atoms with Gasteiger partial charge in [-0.1, -0.05) is 103 Å². The number of nitrogens with one attached hydrogen (secondary N) is 1. The Morgan fingerprint density at radius 3 is 2.18 bits per heavy atom. The molecule has 0 saturated carbocycles. The Labute approximate surface area is 228 Å². The lowest BCUT2D eigenvalue weighted by atomic mass is 9.88. The largest absolute Gasteiger partial charge is 0.490 e. The van der Waals surface area contributed by atoms with Gasteiger partial charge in [0.1, 0.15) is 18.5 Å². The van der Waals surface area contributed by atoms with Crippen molar-refractivity contribution in [2.75, 3.05) is 26.8 Å². The van der Waals surface area contributed by atoms with Gasteiger partial charge in [-0.2, -0.15) is 0 Å². The molecule has 0 bridgehead atoms. The summed E-state index contributed by atoms with van der Waals surface area (Å²) in [5.74, 6) is 1.09. The smallest absolute Gasteiger partial charge is 0.125 e. The Morgan fingerprint density at radius 1 is 0.842 bits per heavy atom. The summed E-state index contributed by atoms with van der Waals surface area (Å²) in [6, 6.07) is 29.2. The highest BCUT2D eigenvalue weighted by Crippen LogP contribution is 2.32. The lowest BCUT2D eigenvalue weighted by molar-refractivity contribution is 0.0840. The molecule has 1 aliphatic carbocycles. The molecule has 2 atom stereocenters. The molecular weight excluding hydrogens is 470 g/mol. The first-order valence-electron chi connectivity index (χ1n) is 13.8. The summed E-state index contributed by atoms with van der Waals surface area (Å²) in [5.41, 5.74) is 5.03. The Balaban J connectivity index is 1.25. The van der Waals surface area contributed by atoms with Gasteiger partial charge in [0.15, 0.2) is 0 Å². The second-order valence-electron chi connectivity index (χ2n) is 9.89. The molecule has 38 heavy (non-hydrogen) atoms. The van der Waals surface area contributed by atoms with E-state index in [0.717, 1.165) is 50.0 Å². The molecule has 200 valence electrons. The molecule has 0 radical (unpaired) electrons. The molecule has 4 nitrogen and oxygen atoms in total. The van der Waals surface area contributed by atoms with E-state index in [2.05, 4.69) is 90.3 Å². The molecule has 0 aliphatic heterocycles. The number of rotatable bonds is 15. The van der Waals surface area contributed by atoms with Gasteiger partial charge in [-0.15, -0.1) is 0 Å². The van der Waals surface area contributed by atoms with Crippen LogP contribution >= 0.6 is 0 Å². The standard InChI is InChI=1S/C34H41NO3/c1-37-33(22-21-27-13-5-2-6-14-27)32-19-11-12-20-34(32)38-26-30(36)25-35-24-23-31(28-15-7-3-8-16-28)29-17-9-4-10-18-29/h3-5,7-20,30-31,33,35-36H,2,6,21-26H2,1H3. The zero-order valence-electron chi connectivity index (χ0n) is 22.5. The van der Waals surface area contributed by atoms with Crippen molar-refractivity contribution in [3.63, 3.8) is 0 Å². The molecule has 0 saturated heterocycles. The third kappa shape index (κ3) is 8.42. The van der Waals surface area contributed by atoms with Gasteiger partial charge in [0.2, 0.25) is 0 Å². The maximum absolute atomic E-state index is 10.6. The Hall–Kier alpha value is -3.18. The Kier molecular flexibility index (Phi) is 11.2. The maximum atomic E-state index is 10.6. The average Bonchev–Trinajstić information content (AvgIpc) is 2.98. The highest BCUT2D eigenvalue weighted by atomic mass is 16.5. The first-order valence-corrected chi connectivity index (χ1v) is 13.8. The predicted molar refractivity (Wildman–Crippen MR) is 156 cm³/mol. The fraction of sp³-hybridized carbons (Fsp3) is 0.353. The third-order valence-corrected chi connectivity index (χ3v) is 7.14. The van der Waals surface area contributed by atoms with Crippen LogP contribution in [0.3, 0.4) is 0 Å². The number of methoxy groups -OCH3 is 1. The van der Waals surface area contributed by atoms with Crippen molar-refractivity contribution in [2.45, 2.75) is 50.2 Å². The van der Waals surface area contributed by atoms with Crippen LogP contribution in [-0.2, 0) is 4.74 Å². The number of allylic oxidation sites excluding steroid dienone is 4. The van der Waals surface area contributed by atoms with Crippen molar-refractivity contribution >= 4 is 0 Å². The van der Waals surface area contributed by atoms with Crippen molar-refractivity contribution in [3.8, 4) is 5.75 Å². The van der Waals surface area contributed by atoms with E-state index < -0.39 is 6.10 Å². The van der Waals surface area contributed by atoms with Gasteiger partial charge in [-0.05, 0) is 55.8 Å². The highest BCUT2D eigenvalue weighted by molar-refractivity contribution is 5.36. The zero-order valence-corrected chi connectivity index (χ0v) is 22.5. The monoisotopic (exact) mass is 511 g/mol. The second-order valence-corrected chi connectivity index (χ2v) is 9.89. The van der Waals surface area contributed by atoms with Gasteiger partial charge < -0.3 is 19.9 Å². The summed E-state index contributed by atoms with van der Waals surface area (Å²) < 4.78 is 11.9. The molecule has 0 amide bonds. The Bertz CT molecular complexity index is 1100. The van der Waals surface area contributed by atoms with Crippen LogP contribution in [0.2, 0.25) is 0 Å². The minimum absolute atomic E-state index is 0.0504. The van der Waals surface area contributed by atoms with Crippen LogP contribution < -0.4 is 10.1 Å². The van der Waals surface area contributed by atoms with Gasteiger partial charge in [0, 0.05) is 25.1 Å². The van der Waals surface area contributed by atoms with E-state index in [1.54, 1.807) is 7.11 Å². The van der Waals surface area contributed by atoms with E-state index in [0.29, 0.717) is 12.5 Å². The van der Waals surface area contributed by atoms with E-state index in [4.69, 9.17) is 9.47 Å². The van der Waals surface area contributed by atoms with Crippen molar-refractivity contribution in [1.82, 2.24) is 5.32 Å². The highest BCUT2D eigenvalue weighted by Gasteiger charge is 2.18. The molecule has 0 spiro atoms. The van der Waals surface area contributed by atoms with E-state index in [-0.39, 0.29) is 12.7 Å². The normalized spacial score (nSPS) is 14.8.